The lowest BCUT2D eigenvalue weighted by Gasteiger charge is -2.30. The van der Waals surface area contributed by atoms with Crippen LogP contribution in [0, 0.1) is 12.8 Å². The van der Waals surface area contributed by atoms with E-state index in [0.717, 1.165) is 25.0 Å². The zero-order valence-corrected chi connectivity index (χ0v) is 21.8. The smallest absolute Gasteiger partial charge is 0.158 e. The fourth-order valence-corrected chi connectivity index (χ4v) is 8.94. The zero-order chi connectivity index (χ0) is 24.0. The molecule has 0 aromatic carbocycles. The fraction of sp³-hybridized carbons (Fsp3) is 0.536. The number of fused-ring (bicyclic) bond motifs is 6. The van der Waals surface area contributed by atoms with Gasteiger partial charge in [0.15, 0.2) is 5.65 Å². The van der Waals surface area contributed by atoms with E-state index in [0.29, 0.717) is 36.1 Å². The van der Waals surface area contributed by atoms with Crippen molar-refractivity contribution >= 4 is 33.0 Å². The molecular formula is C28H33N5OS. The van der Waals surface area contributed by atoms with Gasteiger partial charge in [-0.1, -0.05) is 13.8 Å². The third kappa shape index (κ3) is 3.13. The van der Waals surface area contributed by atoms with Crippen molar-refractivity contribution in [1.82, 2.24) is 24.5 Å². The standard InChI is InChI=1S/C28H33N5OS/c1-14(2)23-24-16(4)26(21-9-18-8-17(21)11-32(18)10-15(3)34)35-28(24)31-25(23)22-12-33-27(29-13-30-33)20-7-5-6-19(20)22/h12-14,17-18,21,31H,5-11H2,1-4H3/t17-,18?,21?/m0/s1. The molecule has 6 nitrogen and oxygen atoms in total. The molecule has 1 saturated carbocycles. The molecule has 5 heterocycles. The molecule has 3 atom stereocenters. The molecule has 1 aliphatic heterocycles. The minimum atomic E-state index is 0.291. The summed E-state index contributed by atoms with van der Waals surface area (Å²) in [5.41, 5.74) is 9.38. The predicted molar refractivity (Wildman–Crippen MR) is 141 cm³/mol. The van der Waals surface area contributed by atoms with Crippen molar-refractivity contribution in [2.45, 2.75) is 77.7 Å². The molecule has 1 N–H and O–H groups in total. The first-order valence-electron chi connectivity index (χ1n) is 13.1. The van der Waals surface area contributed by atoms with E-state index < -0.39 is 0 Å². The molecule has 35 heavy (non-hydrogen) atoms. The number of H-pyrrole nitrogens is 1. The van der Waals surface area contributed by atoms with Gasteiger partial charge in [0.2, 0.25) is 0 Å². The molecule has 2 fully saturated rings. The highest BCUT2D eigenvalue weighted by molar-refractivity contribution is 7.19. The van der Waals surface area contributed by atoms with Gasteiger partial charge in [0.1, 0.15) is 16.9 Å². The summed E-state index contributed by atoms with van der Waals surface area (Å²) in [5, 5.41) is 5.95. The van der Waals surface area contributed by atoms with E-state index >= 15 is 0 Å². The van der Waals surface area contributed by atoms with Crippen LogP contribution in [0.1, 0.15) is 79.0 Å². The van der Waals surface area contributed by atoms with Crippen molar-refractivity contribution in [2.75, 3.05) is 13.1 Å². The van der Waals surface area contributed by atoms with Crippen LogP contribution in [0.2, 0.25) is 0 Å². The van der Waals surface area contributed by atoms with Crippen molar-refractivity contribution < 1.29 is 4.79 Å². The summed E-state index contributed by atoms with van der Waals surface area (Å²) in [6, 6.07) is 0.575. The predicted octanol–water partition coefficient (Wildman–Crippen LogP) is 5.63. The molecule has 7 rings (SSSR count). The van der Waals surface area contributed by atoms with Crippen LogP contribution in [-0.2, 0) is 17.6 Å². The lowest BCUT2D eigenvalue weighted by atomic mass is 9.88. The molecule has 182 valence electrons. The second-order valence-electron chi connectivity index (χ2n) is 11.4. The summed E-state index contributed by atoms with van der Waals surface area (Å²) in [7, 11) is 0. The number of aryl methyl sites for hydroxylation is 2. The van der Waals surface area contributed by atoms with Gasteiger partial charge in [-0.05, 0) is 80.4 Å². The Bertz CT molecular complexity index is 1490. The summed E-state index contributed by atoms with van der Waals surface area (Å²) in [6.45, 7) is 10.4. The van der Waals surface area contributed by atoms with Gasteiger partial charge in [-0.2, -0.15) is 5.10 Å². The normalized spacial score (nSPS) is 24.0. The van der Waals surface area contributed by atoms with Gasteiger partial charge < -0.3 is 4.98 Å². The van der Waals surface area contributed by atoms with E-state index in [1.165, 1.54) is 63.0 Å². The van der Waals surface area contributed by atoms with Crippen LogP contribution < -0.4 is 0 Å². The number of carbonyl (C=O) groups excluding carboxylic acids is 1. The monoisotopic (exact) mass is 487 g/mol. The average molecular weight is 488 g/mol. The maximum Gasteiger partial charge on any atom is 0.158 e. The molecule has 4 aromatic rings. The van der Waals surface area contributed by atoms with Crippen LogP contribution in [0.5, 0.6) is 0 Å². The lowest BCUT2D eigenvalue weighted by Crippen LogP contribution is -2.37. The van der Waals surface area contributed by atoms with E-state index in [9.17, 15) is 4.79 Å². The van der Waals surface area contributed by atoms with E-state index in [2.05, 4.69) is 46.9 Å². The quantitative estimate of drug-likeness (QED) is 0.396. The molecule has 2 bridgehead atoms. The van der Waals surface area contributed by atoms with Crippen LogP contribution in [0.15, 0.2) is 12.5 Å². The second kappa shape index (κ2) is 7.74. The fourth-order valence-electron chi connectivity index (χ4n) is 7.50. The van der Waals surface area contributed by atoms with E-state index in [4.69, 9.17) is 0 Å². The molecule has 2 aliphatic carbocycles. The number of hydrogen-bond acceptors (Lipinski definition) is 5. The Morgan fingerprint density at radius 2 is 2.09 bits per heavy atom. The van der Waals surface area contributed by atoms with E-state index in [-0.39, 0.29) is 0 Å². The number of carbonyl (C=O) groups is 1. The maximum absolute atomic E-state index is 11.7. The van der Waals surface area contributed by atoms with Gasteiger partial charge in [0, 0.05) is 40.2 Å². The summed E-state index contributed by atoms with van der Waals surface area (Å²) in [4.78, 5) is 25.5. The number of nitrogens with one attached hydrogen (secondary N) is 1. The van der Waals surface area contributed by atoms with Gasteiger partial charge in [-0.15, -0.1) is 11.3 Å². The van der Waals surface area contributed by atoms with Gasteiger partial charge in [-0.25, -0.2) is 9.50 Å². The van der Waals surface area contributed by atoms with Gasteiger partial charge >= 0.3 is 0 Å². The summed E-state index contributed by atoms with van der Waals surface area (Å²) >= 11 is 1.99. The number of ketones is 1. The first-order valence-corrected chi connectivity index (χ1v) is 13.9. The largest absolute Gasteiger partial charge is 0.346 e. The molecule has 3 aliphatic rings. The first-order chi connectivity index (χ1) is 16.9. The number of rotatable bonds is 5. The van der Waals surface area contributed by atoms with Crippen LogP contribution in [0.25, 0.3) is 27.1 Å². The van der Waals surface area contributed by atoms with Crippen LogP contribution in [0.3, 0.4) is 0 Å². The molecule has 4 aromatic heterocycles. The molecule has 0 spiro atoms. The van der Waals surface area contributed by atoms with Gasteiger partial charge in [-0.3, -0.25) is 9.69 Å². The summed E-state index contributed by atoms with van der Waals surface area (Å²) in [5.74, 6) is 2.03. The van der Waals surface area contributed by atoms with Gasteiger partial charge in [0.05, 0.1) is 12.2 Å². The number of piperidine rings is 1. The Balaban J connectivity index is 1.32. The highest BCUT2D eigenvalue weighted by Crippen LogP contribution is 2.53. The number of pyridine rings is 1. The SMILES string of the molecule is CC(=O)CN1C[C@@H]2CC1CC2c1sc2[nH]c(-c3cn4ncnc4c4c3CCC4)c(C(C)C)c2c1C. The first kappa shape index (κ1) is 21.7. The Morgan fingerprint density at radius 3 is 2.83 bits per heavy atom. The summed E-state index contributed by atoms with van der Waals surface area (Å²) in [6.07, 6.45) is 9.71. The molecule has 0 radical (unpaired) electrons. The number of likely N-dealkylation sites (tertiary alicyclic amines) is 1. The molecule has 0 amide bonds. The lowest BCUT2D eigenvalue weighted by molar-refractivity contribution is -0.118. The minimum absolute atomic E-state index is 0.291. The third-order valence-electron chi connectivity index (χ3n) is 8.86. The highest BCUT2D eigenvalue weighted by Gasteiger charge is 2.46. The van der Waals surface area contributed by atoms with Gasteiger partial charge in [0.25, 0.3) is 0 Å². The Morgan fingerprint density at radius 1 is 1.26 bits per heavy atom. The summed E-state index contributed by atoms with van der Waals surface area (Å²) < 4.78 is 1.97. The Labute approximate surface area is 209 Å². The van der Waals surface area contributed by atoms with Crippen molar-refractivity contribution in [3.8, 4) is 11.3 Å². The number of hydrogen-bond donors (Lipinski definition) is 1. The van der Waals surface area contributed by atoms with Crippen molar-refractivity contribution in [3.05, 3.63) is 39.7 Å². The number of aromatic amines is 1. The van der Waals surface area contributed by atoms with E-state index in [1.54, 1.807) is 18.1 Å². The van der Waals surface area contributed by atoms with E-state index in [1.807, 2.05) is 15.9 Å². The van der Waals surface area contributed by atoms with Crippen molar-refractivity contribution in [1.29, 1.82) is 0 Å². The third-order valence-corrected chi connectivity index (χ3v) is 10.2. The molecule has 2 unspecified atom stereocenters. The highest BCUT2D eigenvalue weighted by atomic mass is 32.1. The van der Waals surface area contributed by atoms with Crippen LogP contribution in [-0.4, -0.2) is 49.4 Å². The zero-order valence-electron chi connectivity index (χ0n) is 21.0. The number of Topliss-reactive ketones (excluding diaryl/α,β-unsaturated/α-hetero) is 1. The number of nitrogens with zero attached hydrogens (tertiary/aromatic N) is 4. The second-order valence-corrected chi connectivity index (χ2v) is 12.4. The topological polar surface area (TPSA) is 66.3 Å². The Kier molecular flexibility index (Phi) is 4.81. The number of aromatic nitrogens is 4. The van der Waals surface area contributed by atoms with Crippen LogP contribution >= 0.6 is 11.3 Å². The molecule has 1 saturated heterocycles. The molecule has 7 heteroatoms. The molecular weight excluding hydrogens is 454 g/mol. The Hall–Kier alpha value is -2.51. The average Bonchev–Trinajstić information content (AvgIpc) is 3.61. The minimum Gasteiger partial charge on any atom is -0.346 e. The maximum atomic E-state index is 11.7. The van der Waals surface area contributed by atoms with Crippen molar-refractivity contribution in [2.24, 2.45) is 5.92 Å². The van der Waals surface area contributed by atoms with Crippen LogP contribution in [0.4, 0.5) is 0 Å². The number of thiophene rings is 1. The van der Waals surface area contributed by atoms with Crippen molar-refractivity contribution in [3.63, 3.8) is 0 Å².